The number of piperidine rings is 1. The number of rotatable bonds is 4. The highest BCUT2D eigenvalue weighted by atomic mass is 16.3. The first-order valence-corrected chi connectivity index (χ1v) is 13.4. The number of hydrogen-bond donors (Lipinski definition) is 1. The summed E-state index contributed by atoms with van der Waals surface area (Å²) in [5.74, 6) is 2.02. The molecule has 2 aromatic carbocycles. The van der Waals surface area contributed by atoms with Gasteiger partial charge in [-0.05, 0) is 105 Å². The summed E-state index contributed by atoms with van der Waals surface area (Å²) < 4.78 is 0. The third kappa shape index (κ3) is 2.84. The summed E-state index contributed by atoms with van der Waals surface area (Å²) in [5.41, 5.74) is 3.96. The van der Waals surface area contributed by atoms with Crippen molar-refractivity contribution >= 4 is 5.91 Å². The predicted molar refractivity (Wildman–Crippen MR) is 133 cm³/mol. The molecule has 178 valence electrons. The molecule has 4 aliphatic carbocycles. The maximum atomic E-state index is 13.5. The number of benzene rings is 2. The summed E-state index contributed by atoms with van der Waals surface area (Å²) in [7, 11) is 2.04. The van der Waals surface area contributed by atoms with Gasteiger partial charge in [-0.1, -0.05) is 24.3 Å². The minimum Gasteiger partial charge on any atom is -0.508 e. The Labute approximate surface area is 203 Å². The largest absolute Gasteiger partial charge is 0.508 e. The van der Waals surface area contributed by atoms with E-state index in [1.54, 1.807) is 0 Å². The molecule has 5 atom stereocenters. The number of hydrogen-bond acceptors (Lipinski definition) is 3. The lowest BCUT2D eigenvalue weighted by molar-refractivity contribution is -0.137. The molecule has 0 radical (unpaired) electrons. The van der Waals surface area contributed by atoms with Gasteiger partial charge in [0.05, 0.1) is 0 Å². The van der Waals surface area contributed by atoms with Gasteiger partial charge >= 0.3 is 0 Å². The number of phenols is 1. The zero-order valence-corrected chi connectivity index (χ0v) is 20.2. The molecule has 7 rings (SSSR count). The molecule has 1 heterocycles. The third-order valence-electron chi connectivity index (χ3n) is 10.5. The van der Waals surface area contributed by atoms with E-state index in [1.165, 1.54) is 49.8 Å². The summed E-state index contributed by atoms with van der Waals surface area (Å²) in [6.45, 7) is 2.44. The molecular formula is C30H36N2O2. The van der Waals surface area contributed by atoms with E-state index >= 15 is 0 Å². The molecule has 1 amide bonds. The molecule has 5 aliphatic rings. The third-order valence-corrected chi connectivity index (χ3v) is 10.5. The summed E-state index contributed by atoms with van der Waals surface area (Å²) in [4.78, 5) is 18.5. The molecule has 4 nitrogen and oxygen atoms in total. The van der Waals surface area contributed by atoms with Gasteiger partial charge in [-0.2, -0.15) is 0 Å². The normalized spacial score (nSPS) is 36.0. The smallest absolute Gasteiger partial charge is 0.253 e. The average Bonchev–Trinajstić information content (AvgIpc) is 3.64. The zero-order valence-electron chi connectivity index (χ0n) is 20.2. The lowest BCUT2D eigenvalue weighted by atomic mass is 9.44. The van der Waals surface area contributed by atoms with Crippen LogP contribution >= 0.6 is 0 Å². The van der Waals surface area contributed by atoms with Gasteiger partial charge in [0, 0.05) is 42.1 Å². The molecule has 34 heavy (non-hydrogen) atoms. The van der Waals surface area contributed by atoms with Gasteiger partial charge in [0.1, 0.15) is 5.75 Å². The maximum absolute atomic E-state index is 13.5. The van der Waals surface area contributed by atoms with Gasteiger partial charge < -0.3 is 10.0 Å². The summed E-state index contributed by atoms with van der Waals surface area (Å²) in [6.07, 6.45) is 9.85. The van der Waals surface area contributed by atoms with E-state index in [0.717, 1.165) is 37.3 Å². The van der Waals surface area contributed by atoms with E-state index < -0.39 is 0 Å². The first-order chi connectivity index (χ1) is 16.5. The lowest BCUT2D eigenvalue weighted by Gasteiger charge is -2.67. The number of phenolic OH excluding ortho intramolecular Hbond substituents is 1. The SMILES string of the molecule is CN(C(=O)c1ccccc1)[C@H]1C[C@@]23CCN(CC4CC4)[C@H]4CC[C@@H]1C[C@]42Cc1ccc(O)cc13. The van der Waals surface area contributed by atoms with Gasteiger partial charge in [0.15, 0.2) is 0 Å². The van der Waals surface area contributed by atoms with Crippen LogP contribution in [-0.2, 0) is 11.8 Å². The van der Waals surface area contributed by atoms with Gasteiger partial charge in [-0.3, -0.25) is 9.69 Å². The molecule has 0 aromatic heterocycles. The van der Waals surface area contributed by atoms with Crippen molar-refractivity contribution in [3.8, 4) is 5.75 Å². The lowest BCUT2D eigenvalue weighted by Crippen LogP contribution is -2.70. The van der Waals surface area contributed by atoms with Crippen molar-refractivity contribution in [2.45, 2.75) is 68.9 Å². The van der Waals surface area contributed by atoms with Crippen molar-refractivity contribution in [3.05, 3.63) is 65.2 Å². The average molecular weight is 457 g/mol. The Morgan fingerprint density at radius 3 is 2.71 bits per heavy atom. The number of nitrogens with zero attached hydrogens (tertiary/aromatic N) is 2. The second-order valence-electron chi connectivity index (χ2n) is 12.1. The van der Waals surface area contributed by atoms with Crippen LogP contribution in [0.3, 0.4) is 0 Å². The number of aromatic hydroxyl groups is 1. The zero-order chi connectivity index (χ0) is 23.1. The quantitative estimate of drug-likeness (QED) is 0.704. The van der Waals surface area contributed by atoms with Crippen molar-refractivity contribution in [1.29, 1.82) is 0 Å². The van der Waals surface area contributed by atoms with Crippen LogP contribution in [0.1, 0.15) is 66.4 Å². The van der Waals surface area contributed by atoms with Crippen LogP contribution in [0.5, 0.6) is 5.75 Å². The minimum atomic E-state index is 0.0681. The van der Waals surface area contributed by atoms with Crippen LogP contribution in [0.2, 0.25) is 0 Å². The molecule has 4 heteroatoms. The molecule has 1 N–H and O–H groups in total. The Morgan fingerprint density at radius 1 is 1.09 bits per heavy atom. The highest BCUT2D eigenvalue weighted by Crippen LogP contribution is 2.70. The van der Waals surface area contributed by atoms with E-state index in [-0.39, 0.29) is 22.8 Å². The fourth-order valence-electron chi connectivity index (χ4n) is 8.91. The molecule has 0 unspecified atom stereocenters. The Kier molecular flexibility index (Phi) is 4.53. The van der Waals surface area contributed by atoms with Crippen LogP contribution in [0.15, 0.2) is 48.5 Å². The molecule has 4 fully saturated rings. The molecule has 3 saturated carbocycles. The predicted octanol–water partition coefficient (Wildman–Crippen LogP) is 5.00. The second kappa shape index (κ2) is 7.34. The van der Waals surface area contributed by atoms with E-state index in [4.69, 9.17) is 0 Å². The number of carbonyl (C=O) groups excluding carboxylic acids is 1. The Hall–Kier alpha value is -2.33. The monoisotopic (exact) mass is 456 g/mol. The Morgan fingerprint density at radius 2 is 1.91 bits per heavy atom. The minimum absolute atomic E-state index is 0.0681. The Bertz CT molecular complexity index is 1130. The summed E-state index contributed by atoms with van der Waals surface area (Å²) >= 11 is 0. The first kappa shape index (κ1) is 21.0. The van der Waals surface area contributed by atoms with Crippen LogP contribution in [-0.4, -0.2) is 53.0 Å². The molecule has 2 aromatic rings. The molecule has 1 saturated heterocycles. The van der Waals surface area contributed by atoms with Gasteiger partial charge in [0.2, 0.25) is 0 Å². The van der Waals surface area contributed by atoms with Crippen molar-refractivity contribution in [3.63, 3.8) is 0 Å². The maximum Gasteiger partial charge on any atom is 0.253 e. The molecular weight excluding hydrogens is 420 g/mol. The fourth-order valence-corrected chi connectivity index (χ4v) is 8.91. The topological polar surface area (TPSA) is 43.8 Å². The van der Waals surface area contributed by atoms with Crippen LogP contribution in [0.25, 0.3) is 0 Å². The Balaban J connectivity index is 1.30. The van der Waals surface area contributed by atoms with Crippen molar-refractivity contribution in [2.75, 3.05) is 20.1 Å². The number of fused-ring (bicyclic) bond motifs is 2. The van der Waals surface area contributed by atoms with Crippen LogP contribution < -0.4 is 0 Å². The van der Waals surface area contributed by atoms with Gasteiger partial charge in [-0.25, -0.2) is 0 Å². The summed E-state index contributed by atoms with van der Waals surface area (Å²) in [5, 5.41) is 10.5. The molecule has 1 spiro atoms. The number of amides is 1. The number of carbonyl (C=O) groups is 1. The van der Waals surface area contributed by atoms with E-state index in [9.17, 15) is 9.90 Å². The van der Waals surface area contributed by atoms with Crippen LogP contribution in [0.4, 0.5) is 0 Å². The van der Waals surface area contributed by atoms with Crippen molar-refractivity contribution in [1.82, 2.24) is 9.80 Å². The van der Waals surface area contributed by atoms with E-state index in [2.05, 4.69) is 21.9 Å². The van der Waals surface area contributed by atoms with Gasteiger partial charge in [-0.15, -0.1) is 0 Å². The van der Waals surface area contributed by atoms with E-state index in [0.29, 0.717) is 17.7 Å². The fraction of sp³-hybridized carbons (Fsp3) is 0.567. The van der Waals surface area contributed by atoms with Gasteiger partial charge in [0.25, 0.3) is 5.91 Å². The van der Waals surface area contributed by atoms with Crippen molar-refractivity contribution < 1.29 is 9.90 Å². The number of likely N-dealkylation sites (tertiary alicyclic amines) is 1. The molecule has 1 aliphatic heterocycles. The van der Waals surface area contributed by atoms with Crippen LogP contribution in [0, 0.1) is 17.3 Å². The second-order valence-corrected chi connectivity index (χ2v) is 12.1. The first-order valence-electron chi connectivity index (χ1n) is 13.4. The standard InChI is InChI=1S/C30H36N2O2/c1-31(28(34)21-5-3-2-4-6-21)26-18-29-13-14-32(19-20-7-8-20)27-12-10-23(26)17-30(27,29)16-22-9-11-24(33)15-25(22)29/h2-6,9,11,15,20,23,26-27,33H,7-8,10,12-14,16-19H2,1H3/t23-,26+,27+,29-,30-/m1/s1. The highest BCUT2D eigenvalue weighted by molar-refractivity contribution is 5.94. The highest BCUT2D eigenvalue weighted by Gasteiger charge is 2.69. The van der Waals surface area contributed by atoms with E-state index in [1.807, 2.05) is 43.4 Å². The molecule has 2 bridgehead atoms. The summed E-state index contributed by atoms with van der Waals surface area (Å²) in [6, 6.07) is 16.9. The van der Waals surface area contributed by atoms with Crippen molar-refractivity contribution in [2.24, 2.45) is 17.3 Å².